The molecule has 1 saturated heterocycles. The molecule has 26 heavy (non-hydrogen) atoms. The predicted molar refractivity (Wildman–Crippen MR) is 107 cm³/mol. The zero-order valence-corrected chi connectivity index (χ0v) is 16.5. The molecule has 2 fully saturated rings. The van der Waals surface area contributed by atoms with E-state index >= 15 is 0 Å². The highest BCUT2D eigenvalue weighted by Crippen LogP contribution is 2.25. The molecule has 1 aliphatic heterocycles. The third-order valence-corrected chi connectivity index (χ3v) is 5.79. The second-order valence-corrected chi connectivity index (χ2v) is 8.23. The number of benzene rings is 1. The first-order chi connectivity index (χ1) is 12.7. The van der Waals surface area contributed by atoms with Crippen LogP contribution in [0.4, 0.5) is 0 Å². The van der Waals surface area contributed by atoms with Crippen molar-refractivity contribution in [3.63, 3.8) is 0 Å². The number of nitrogens with zero attached hydrogens (tertiary/aromatic N) is 1. The number of ether oxygens (including phenoxy) is 1. The standard InChI is InChI=1S/C21H33ClN2O2/c22-18-9-10-21(17(13-18)14-23-19-7-3-4-8-19)26-16-20(25)15-24-11-5-1-2-6-12-24/h9-10,13,19-20,23,25H,1-8,11-12,14-16H2. The van der Waals surface area contributed by atoms with Gasteiger partial charge in [0.05, 0.1) is 0 Å². The Morgan fingerprint density at radius 1 is 1.12 bits per heavy atom. The SMILES string of the molecule is OC(COc1ccc(Cl)cc1CNC1CCCC1)CN1CCCCCC1. The summed E-state index contributed by atoms with van der Waals surface area (Å²) >= 11 is 6.18. The van der Waals surface area contributed by atoms with E-state index in [0.717, 1.165) is 36.0 Å². The number of aliphatic hydroxyl groups excluding tert-OH is 1. The van der Waals surface area contributed by atoms with Gasteiger partial charge in [0, 0.05) is 29.7 Å². The first-order valence-electron chi connectivity index (χ1n) is 10.3. The number of hydrogen-bond acceptors (Lipinski definition) is 4. The highest BCUT2D eigenvalue weighted by Gasteiger charge is 2.17. The average molecular weight is 381 g/mol. The van der Waals surface area contributed by atoms with Crippen molar-refractivity contribution in [1.82, 2.24) is 10.2 Å². The quantitative estimate of drug-likeness (QED) is 0.715. The van der Waals surface area contributed by atoms with Crippen LogP contribution in [-0.2, 0) is 6.54 Å². The van der Waals surface area contributed by atoms with Gasteiger partial charge in [0.15, 0.2) is 0 Å². The third kappa shape index (κ3) is 6.41. The molecular weight excluding hydrogens is 348 g/mol. The monoisotopic (exact) mass is 380 g/mol. The molecule has 1 atom stereocenters. The molecule has 0 amide bonds. The van der Waals surface area contributed by atoms with Gasteiger partial charge in [-0.3, -0.25) is 0 Å². The van der Waals surface area contributed by atoms with Crippen molar-refractivity contribution in [2.75, 3.05) is 26.2 Å². The van der Waals surface area contributed by atoms with E-state index < -0.39 is 6.10 Å². The summed E-state index contributed by atoms with van der Waals surface area (Å²) in [7, 11) is 0. The normalized spacial score (nSPS) is 20.8. The Bertz CT molecular complexity index is 541. The minimum absolute atomic E-state index is 0.328. The van der Waals surface area contributed by atoms with Gasteiger partial charge in [-0.05, 0) is 57.0 Å². The van der Waals surface area contributed by atoms with Crippen LogP contribution in [0.25, 0.3) is 0 Å². The zero-order valence-electron chi connectivity index (χ0n) is 15.8. The largest absolute Gasteiger partial charge is 0.491 e. The topological polar surface area (TPSA) is 44.7 Å². The molecule has 2 aliphatic rings. The summed E-state index contributed by atoms with van der Waals surface area (Å²) in [5, 5.41) is 14.7. The van der Waals surface area contributed by atoms with Crippen molar-refractivity contribution < 1.29 is 9.84 Å². The molecule has 1 saturated carbocycles. The Morgan fingerprint density at radius 2 is 1.85 bits per heavy atom. The molecule has 0 aromatic heterocycles. The Hall–Kier alpha value is -0.810. The van der Waals surface area contributed by atoms with Gasteiger partial charge in [-0.1, -0.05) is 37.3 Å². The number of hydrogen-bond donors (Lipinski definition) is 2. The second-order valence-electron chi connectivity index (χ2n) is 7.79. The van der Waals surface area contributed by atoms with Crippen LogP contribution in [0, 0.1) is 0 Å². The van der Waals surface area contributed by atoms with E-state index in [9.17, 15) is 5.11 Å². The van der Waals surface area contributed by atoms with Crippen LogP contribution in [0.5, 0.6) is 5.75 Å². The molecule has 1 aromatic rings. The van der Waals surface area contributed by atoms with Crippen LogP contribution in [0.15, 0.2) is 18.2 Å². The van der Waals surface area contributed by atoms with E-state index in [4.69, 9.17) is 16.3 Å². The number of aliphatic hydroxyl groups is 1. The van der Waals surface area contributed by atoms with Gasteiger partial charge in [0.2, 0.25) is 0 Å². The van der Waals surface area contributed by atoms with Crippen molar-refractivity contribution >= 4 is 11.6 Å². The van der Waals surface area contributed by atoms with Gasteiger partial charge in [0.25, 0.3) is 0 Å². The molecule has 1 heterocycles. The summed E-state index contributed by atoms with van der Waals surface area (Å²) in [6.45, 7) is 3.98. The highest BCUT2D eigenvalue weighted by molar-refractivity contribution is 6.30. The van der Waals surface area contributed by atoms with Crippen LogP contribution in [-0.4, -0.2) is 48.4 Å². The summed E-state index contributed by atoms with van der Waals surface area (Å²) in [6, 6.07) is 6.36. The van der Waals surface area contributed by atoms with Gasteiger partial charge in [0.1, 0.15) is 18.5 Å². The van der Waals surface area contributed by atoms with Crippen molar-refractivity contribution in [3.8, 4) is 5.75 Å². The van der Waals surface area contributed by atoms with E-state index in [0.29, 0.717) is 19.2 Å². The Morgan fingerprint density at radius 3 is 2.58 bits per heavy atom. The van der Waals surface area contributed by atoms with E-state index in [1.165, 1.54) is 51.4 Å². The summed E-state index contributed by atoms with van der Waals surface area (Å²) < 4.78 is 5.97. The molecule has 1 unspecified atom stereocenters. The van der Waals surface area contributed by atoms with Crippen LogP contribution in [0.3, 0.4) is 0 Å². The van der Waals surface area contributed by atoms with Crippen molar-refractivity contribution in [3.05, 3.63) is 28.8 Å². The Labute approximate surface area is 162 Å². The fourth-order valence-electron chi connectivity index (χ4n) is 4.07. The van der Waals surface area contributed by atoms with Gasteiger partial charge in [-0.15, -0.1) is 0 Å². The van der Waals surface area contributed by atoms with E-state index in [2.05, 4.69) is 10.2 Å². The molecule has 4 nitrogen and oxygen atoms in total. The minimum Gasteiger partial charge on any atom is -0.491 e. The summed E-state index contributed by atoms with van der Waals surface area (Å²) in [6.07, 6.45) is 9.79. The maximum Gasteiger partial charge on any atom is 0.124 e. The summed E-state index contributed by atoms with van der Waals surface area (Å²) in [5.41, 5.74) is 1.08. The van der Waals surface area contributed by atoms with E-state index in [-0.39, 0.29) is 0 Å². The Balaban J connectivity index is 1.49. The van der Waals surface area contributed by atoms with Crippen molar-refractivity contribution in [2.24, 2.45) is 0 Å². The molecule has 1 aromatic carbocycles. The molecule has 0 radical (unpaired) electrons. The lowest BCUT2D eigenvalue weighted by Crippen LogP contribution is -2.36. The molecular formula is C21H33ClN2O2. The first-order valence-corrected chi connectivity index (χ1v) is 10.6. The number of β-amino-alcohol motifs (C(OH)–C–C–N with tert-alkyl or cyclic N) is 1. The van der Waals surface area contributed by atoms with E-state index in [1.807, 2.05) is 18.2 Å². The summed E-state index contributed by atoms with van der Waals surface area (Å²) in [4.78, 5) is 2.37. The lowest BCUT2D eigenvalue weighted by atomic mass is 10.1. The molecule has 0 spiro atoms. The minimum atomic E-state index is -0.459. The summed E-state index contributed by atoms with van der Waals surface area (Å²) in [5.74, 6) is 0.829. The molecule has 0 bridgehead atoms. The number of halogens is 1. The molecule has 5 heteroatoms. The third-order valence-electron chi connectivity index (χ3n) is 5.56. The predicted octanol–water partition coefficient (Wildman–Crippen LogP) is 3.99. The van der Waals surface area contributed by atoms with Crippen molar-refractivity contribution in [2.45, 2.75) is 70.1 Å². The average Bonchev–Trinajstić information content (AvgIpc) is 3.03. The maximum atomic E-state index is 10.4. The first kappa shape index (κ1) is 19.9. The van der Waals surface area contributed by atoms with E-state index in [1.54, 1.807) is 0 Å². The molecule has 2 N–H and O–H groups in total. The Kier molecular flexibility index (Phi) is 8.06. The zero-order chi connectivity index (χ0) is 18.2. The number of likely N-dealkylation sites (tertiary alicyclic amines) is 1. The van der Waals surface area contributed by atoms with Crippen LogP contribution < -0.4 is 10.1 Å². The maximum absolute atomic E-state index is 10.4. The van der Waals surface area contributed by atoms with Crippen LogP contribution in [0.2, 0.25) is 5.02 Å². The fraction of sp³-hybridized carbons (Fsp3) is 0.714. The smallest absolute Gasteiger partial charge is 0.124 e. The van der Waals surface area contributed by atoms with Crippen LogP contribution >= 0.6 is 11.6 Å². The number of nitrogens with one attached hydrogen (secondary N) is 1. The lowest BCUT2D eigenvalue weighted by Gasteiger charge is -2.23. The lowest BCUT2D eigenvalue weighted by molar-refractivity contribution is 0.0689. The van der Waals surface area contributed by atoms with Gasteiger partial charge in [-0.2, -0.15) is 0 Å². The highest BCUT2D eigenvalue weighted by atomic mass is 35.5. The second kappa shape index (κ2) is 10.5. The molecule has 3 rings (SSSR count). The van der Waals surface area contributed by atoms with Gasteiger partial charge < -0.3 is 20.1 Å². The van der Waals surface area contributed by atoms with Gasteiger partial charge in [-0.25, -0.2) is 0 Å². The van der Waals surface area contributed by atoms with Gasteiger partial charge >= 0.3 is 0 Å². The van der Waals surface area contributed by atoms with Crippen LogP contribution in [0.1, 0.15) is 56.9 Å². The molecule has 146 valence electrons. The fourth-order valence-corrected chi connectivity index (χ4v) is 4.26. The number of rotatable bonds is 8. The molecule has 1 aliphatic carbocycles. The van der Waals surface area contributed by atoms with Crippen molar-refractivity contribution in [1.29, 1.82) is 0 Å².